The molecule has 1 aliphatic heterocycles. The molecule has 0 aromatic heterocycles. The second-order valence-electron chi connectivity index (χ2n) is 13.7. The third-order valence-corrected chi connectivity index (χ3v) is 10.6. The first kappa shape index (κ1) is 35.3. The van der Waals surface area contributed by atoms with Gasteiger partial charge in [0.25, 0.3) is 0 Å². The first-order valence-electron chi connectivity index (χ1n) is 15.9. The Bertz CT molecular complexity index is 963. The van der Waals surface area contributed by atoms with E-state index in [4.69, 9.17) is 9.47 Å². The Morgan fingerprint density at radius 1 is 1.17 bits per heavy atom. The van der Waals surface area contributed by atoms with E-state index in [1.807, 2.05) is 40.7 Å². The molecule has 2 aliphatic carbocycles. The normalized spacial score (nSPS) is 41.5. The number of allylic oxidation sites excluding steroid dienone is 3. The van der Waals surface area contributed by atoms with E-state index in [2.05, 4.69) is 19.9 Å². The van der Waals surface area contributed by atoms with Crippen molar-refractivity contribution in [1.82, 2.24) is 0 Å². The molecule has 0 amide bonds. The fourth-order valence-electron chi connectivity index (χ4n) is 8.50. The Kier molecular flexibility index (Phi) is 12.4. The second kappa shape index (κ2) is 14.7. The summed E-state index contributed by atoms with van der Waals surface area (Å²) >= 11 is 0. The highest BCUT2D eigenvalue weighted by Crippen LogP contribution is 2.58. The fourth-order valence-corrected chi connectivity index (χ4v) is 8.50. The summed E-state index contributed by atoms with van der Waals surface area (Å²) in [6, 6.07) is 0. The number of hydrogen-bond acceptors (Lipinski definition) is 9. The predicted molar refractivity (Wildman–Crippen MR) is 159 cm³/mol. The average molecular weight is 597 g/mol. The van der Waals surface area contributed by atoms with Crippen LogP contribution in [0.1, 0.15) is 80.6 Å². The van der Waals surface area contributed by atoms with Crippen LogP contribution in [0.15, 0.2) is 23.3 Å². The molecule has 242 valence electrons. The van der Waals surface area contributed by atoms with Gasteiger partial charge in [0.2, 0.25) is 0 Å². The molecule has 3 aliphatic rings. The molecular formula is C33H56O9. The van der Waals surface area contributed by atoms with Crippen LogP contribution in [0.4, 0.5) is 0 Å². The number of aliphatic hydroxyl groups excluding tert-OH is 6. The second-order valence-corrected chi connectivity index (χ2v) is 13.7. The van der Waals surface area contributed by atoms with Crippen LogP contribution in [-0.4, -0.2) is 92.5 Å². The van der Waals surface area contributed by atoms with Crippen LogP contribution in [0.3, 0.4) is 0 Å². The molecule has 3 unspecified atom stereocenters. The van der Waals surface area contributed by atoms with Gasteiger partial charge in [-0.2, -0.15) is 0 Å². The lowest BCUT2D eigenvalue weighted by molar-refractivity contribution is -0.317. The maximum Gasteiger partial charge on any atom is 0.186 e. The van der Waals surface area contributed by atoms with Crippen LogP contribution >= 0.6 is 0 Å². The van der Waals surface area contributed by atoms with Crippen molar-refractivity contribution in [3.05, 3.63) is 23.3 Å². The quantitative estimate of drug-likeness (QED) is 0.186. The van der Waals surface area contributed by atoms with Crippen molar-refractivity contribution in [1.29, 1.82) is 0 Å². The highest BCUT2D eigenvalue weighted by atomic mass is 16.7. The van der Waals surface area contributed by atoms with Crippen molar-refractivity contribution < 1.29 is 44.9 Å². The minimum absolute atomic E-state index is 0.0145. The number of aliphatic hydroxyl groups is 6. The Hall–Kier alpha value is -1.17. The molecule has 9 nitrogen and oxygen atoms in total. The molecule has 0 aromatic rings. The number of ketones is 1. The molecule has 9 heteroatoms. The van der Waals surface area contributed by atoms with Crippen molar-refractivity contribution in [3.63, 3.8) is 0 Å². The van der Waals surface area contributed by atoms with Gasteiger partial charge in [-0.05, 0) is 74.7 Å². The summed E-state index contributed by atoms with van der Waals surface area (Å²) < 4.78 is 12.1. The Morgan fingerprint density at radius 2 is 1.83 bits per heavy atom. The van der Waals surface area contributed by atoms with Gasteiger partial charge in [0.05, 0.1) is 18.8 Å². The van der Waals surface area contributed by atoms with Crippen molar-refractivity contribution in [2.24, 2.45) is 40.9 Å². The molecule has 0 bridgehead atoms. The molecule has 0 aromatic carbocycles. The van der Waals surface area contributed by atoms with Crippen molar-refractivity contribution in [3.8, 4) is 0 Å². The van der Waals surface area contributed by atoms with Crippen LogP contribution in [0.25, 0.3) is 0 Å². The smallest absolute Gasteiger partial charge is 0.186 e. The van der Waals surface area contributed by atoms with Crippen LogP contribution in [0.2, 0.25) is 0 Å². The lowest BCUT2D eigenvalue weighted by Gasteiger charge is -2.55. The van der Waals surface area contributed by atoms with E-state index in [0.717, 1.165) is 30.4 Å². The van der Waals surface area contributed by atoms with Gasteiger partial charge in [-0.25, -0.2) is 0 Å². The molecule has 1 saturated heterocycles. The highest BCUT2D eigenvalue weighted by molar-refractivity contribution is 5.86. The minimum Gasteiger partial charge on any atom is -0.396 e. The highest BCUT2D eigenvalue weighted by Gasteiger charge is 2.56. The van der Waals surface area contributed by atoms with Gasteiger partial charge in [-0.15, -0.1) is 0 Å². The standard InChI is InChI=1S/C33H56O9/c1-8-9-18(3)28(37)21(6)24(41-32-31(40)30(39)29(38)25(16-35)42-32)15-23-19(4)14-22-13-17(2)12-20(5)27(22)33(23,7)26(36)10-11-34/h9,14,17,20-25,27-32,34-35,37-40H,8,10-13,15-16H2,1-7H3/b18-9+/t17-,20+,21?,22+,23-,24?,25+,27-,28?,29+,30-,31+,32+,33+/m0/s1. The molecule has 0 spiro atoms. The van der Waals surface area contributed by atoms with Crippen LogP contribution in [0.5, 0.6) is 0 Å². The molecule has 2 fully saturated rings. The summed E-state index contributed by atoms with van der Waals surface area (Å²) in [5.41, 5.74) is 1.05. The lowest BCUT2D eigenvalue weighted by Crippen LogP contribution is -2.60. The maximum atomic E-state index is 14.0. The molecule has 1 heterocycles. The van der Waals surface area contributed by atoms with Gasteiger partial charge in [0, 0.05) is 24.4 Å². The zero-order valence-electron chi connectivity index (χ0n) is 26.5. The first-order chi connectivity index (χ1) is 19.7. The summed E-state index contributed by atoms with van der Waals surface area (Å²) in [4.78, 5) is 14.0. The van der Waals surface area contributed by atoms with Crippen molar-refractivity contribution >= 4 is 5.78 Å². The molecule has 3 rings (SSSR count). The third kappa shape index (κ3) is 7.04. The van der Waals surface area contributed by atoms with Gasteiger partial charge in [0.1, 0.15) is 30.2 Å². The maximum absolute atomic E-state index is 14.0. The van der Waals surface area contributed by atoms with Crippen LogP contribution < -0.4 is 0 Å². The van der Waals surface area contributed by atoms with E-state index in [9.17, 15) is 35.4 Å². The topological polar surface area (TPSA) is 157 Å². The molecule has 6 N–H and O–H groups in total. The average Bonchev–Trinajstić information content (AvgIpc) is 2.93. The Balaban J connectivity index is 2.06. The summed E-state index contributed by atoms with van der Waals surface area (Å²) in [7, 11) is 0. The largest absolute Gasteiger partial charge is 0.396 e. The SMILES string of the molecule is CC/C=C(\C)C(O)C(C)C(C[C@H]1C(C)=C[C@H]2C[C@@H](C)C[C@@H](C)[C@@H]2[C@@]1(C)C(=O)CCO)O[C@@H]1O[C@H](CO)[C@@H](O)[C@H](O)[C@H]1O. The number of ether oxygens (including phenoxy) is 2. The summed E-state index contributed by atoms with van der Waals surface area (Å²) in [5, 5.41) is 62.5. The monoisotopic (exact) mass is 596 g/mol. The van der Waals surface area contributed by atoms with Crippen LogP contribution in [-0.2, 0) is 14.3 Å². The van der Waals surface area contributed by atoms with E-state index in [1.54, 1.807) is 0 Å². The Morgan fingerprint density at radius 3 is 2.43 bits per heavy atom. The van der Waals surface area contributed by atoms with Gasteiger partial charge in [-0.1, -0.05) is 52.3 Å². The number of Topliss-reactive ketones (excluding diaryl/α,β-unsaturated/α-hetero) is 1. The number of hydrogen-bond donors (Lipinski definition) is 6. The molecule has 0 radical (unpaired) electrons. The molecular weight excluding hydrogens is 540 g/mol. The number of carbonyl (C=O) groups is 1. The number of carbonyl (C=O) groups excluding carboxylic acids is 1. The number of fused-ring (bicyclic) bond motifs is 1. The van der Waals surface area contributed by atoms with E-state index >= 15 is 0 Å². The van der Waals surface area contributed by atoms with E-state index in [0.29, 0.717) is 18.3 Å². The Labute approximate surface area is 251 Å². The van der Waals surface area contributed by atoms with E-state index in [-0.39, 0.29) is 36.6 Å². The van der Waals surface area contributed by atoms with Gasteiger partial charge >= 0.3 is 0 Å². The number of rotatable bonds is 12. The summed E-state index contributed by atoms with van der Waals surface area (Å²) in [6.07, 6.45) is -1.41. The van der Waals surface area contributed by atoms with Gasteiger partial charge in [-0.3, -0.25) is 4.79 Å². The van der Waals surface area contributed by atoms with E-state index < -0.39 is 60.9 Å². The molecule has 14 atom stereocenters. The van der Waals surface area contributed by atoms with E-state index in [1.165, 1.54) is 0 Å². The van der Waals surface area contributed by atoms with Gasteiger partial charge in [0.15, 0.2) is 6.29 Å². The summed E-state index contributed by atoms with van der Waals surface area (Å²) in [6.45, 7) is 13.4. The lowest BCUT2D eigenvalue weighted by atomic mass is 9.48. The predicted octanol–water partition coefficient (Wildman–Crippen LogP) is 2.75. The zero-order valence-corrected chi connectivity index (χ0v) is 26.5. The van der Waals surface area contributed by atoms with Crippen molar-refractivity contribution in [2.45, 2.75) is 123 Å². The molecule has 42 heavy (non-hydrogen) atoms. The fraction of sp³-hybridized carbons (Fsp3) is 0.848. The minimum atomic E-state index is -1.60. The van der Waals surface area contributed by atoms with Crippen LogP contribution in [0, 0.1) is 40.9 Å². The first-order valence-corrected chi connectivity index (χ1v) is 15.9. The summed E-state index contributed by atoms with van der Waals surface area (Å²) in [5.74, 6) is 0.415. The van der Waals surface area contributed by atoms with Gasteiger partial charge < -0.3 is 40.1 Å². The molecule has 1 saturated carbocycles. The zero-order chi connectivity index (χ0) is 31.5. The van der Waals surface area contributed by atoms with Crippen molar-refractivity contribution in [2.75, 3.05) is 13.2 Å². The third-order valence-electron chi connectivity index (χ3n) is 10.6.